The van der Waals surface area contributed by atoms with E-state index in [9.17, 15) is 14.7 Å². The number of aliphatic hydroxyl groups is 1. The molecule has 2 aliphatic carbocycles. The summed E-state index contributed by atoms with van der Waals surface area (Å²) < 4.78 is 11.5. The molecule has 0 bridgehead atoms. The molecule has 27 heavy (non-hydrogen) atoms. The molecule has 1 saturated carbocycles. The van der Waals surface area contributed by atoms with Crippen molar-refractivity contribution in [3.63, 3.8) is 0 Å². The van der Waals surface area contributed by atoms with Crippen molar-refractivity contribution in [2.75, 3.05) is 7.11 Å². The molecular formula is C22H26O5. The van der Waals surface area contributed by atoms with Gasteiger partial charge in [-0.3, -0.25) is 9.59 Å². The number of ether oxygens (including phenoxy) is 2. The third-order valence-corrected chi connectivity index (χ3v) is 6.16. The second kappa shape index (κ2) is 7.47. The van der Waals surface area contributed by atoms with Crippen molar-refractivity contribution in [1.82, 2.24) is 0 Å². The van der Waals surface area contributed by atoms with Crippen LogP contribution in [0.5, 0.6) is 5.75 Å². The SMILES string of the molecule is COc1ccc([C@H]2C[C@@H]([C@H]3C(=O)CCC[C@H]3O)C3=C(CCCC3=O)O2)cc1. The first-order valence-electron chi connectivity index (χ1n) is 9.86. The number of carbonyl (C=O) groups excluding carboxylic acids is 2. The highest BCUT2D eigenvalue weighted by Gasteiger charge is 2.46. The Morgan fingerprint density at radius 2 is 1.85 bits per heavy atom. The summed E-state index contributed by atoms with van der Waals surface area (Å²) in [6, 6.07) is 7.72. The molecule has 0 saturated heterocycles. The van der Waals surface area contributed by atoms with Gasteiger partial charge in [-0.1, -0.05) is 12.1 Å². The van der Waals surface area contributed by atoms with Crippen LogP contribution >= 0.6 is 0 Å². The Morgan fingerprint density at radius 1 is 1.07 bits per heavy atom. The predicted molar refractivity (Wildman–Crippen MR) is 99.2 cm³/mol. The highest BCUT2D eigenvalue weighted by atomic mass is 16.5. The van der Waals surface area contributed by atoms with E-state index < -0.39 is 12.0 Å². The van der Waals surface area contributed by atoms with E-state index in [2.05, 4.69) is 0 Å². The van der Waals surface area contributed by atoms with Crippen molar-refractivity contribution >= 4 is 11.6 Å². The van der Waals surface area contributed by atoms with Crippen LogP contribution < -0.4 is 4.74 Å². The number of benzene rings is 1. The minimum atomic E-state index is -0.672. The summed E-state index contributed by atoms with van der Waals surface area (Å²) in [7, 11) is 1.63. The molecular weight excluding hydrogens is 344 g/mol. The smallest absolute Gasteiger partial charge is 0.162 e. The van der Waals surface area contributed by atoms with Gasteiger partial charge in [0.25, 0.3) is 0 Å². The minimum Gasteiger partial charge on any atom is -0.497 e. The van der Waals surface area contributed by atoms with Gasteiger partial charge in [0.1, 0.15) is 23.4 Å². The van der Waals surface area contributed by atoms with E-state index in [4.69, 9.17) is 9.47 Å². The van der Waals surface area contributed by atoms with E-state index in [1.807, 2.05) is 24.3 Å². The molecule has 4 rings (SSSR count). The first-order valence-corrected chi connectivity index (χ1v) is 9.86. The summed E-state index contributed by atoms with van der Waals surface area (Å²) in [4.78, 5) is 25.3. The van der Waals surface area contributed by atoms with Crippen LogP contribution in [0.3, 0.4) is 0 Å². The standard InChI is InChI=1S/C22H26O5/c1-26-14-10-8-13(9-11-14)20-12-15(21-16(23)4-2-5-17(21)24)22-18(25)6-3-7-19(22)27-20/h8-11,15-16,20-21,23H,2-7,12H2,1H3/t15-,16+,20+,21+/m0/s1. The highest BCUT2D eigenvalue weighted by molar-refractivity contribution is 5.98. The maximum atomic E-state index is 12.7. The molecule has 0 radical (unpaired) electrons. The quantitative estimate of drug-likeness (QED) is 0.881. The summed E-state index contributed by atoms with van der Waals surface area (Å²) in [5, 5.41) is 10.6. The number of aliphatic hydroxyl groups excluding tert-OH is 1. The highest BCUT2D eigenvalue weighted by Crippen LogP contribution is 2.47. The molecule has 5 heteroatoms. The van der Waals surface area contributed by atoms with Gasteiger partial charge in [-0.05, 0) is 43.4 Å². The monoisotopic (exact) mass is 370 g/mol. The number of allylic oxidation sites excluding steroid dienone is 2. The van der Waals surface area contributed by atoms with Gasteiger partial charge >= 0.3 is 0 Å². The van der Waals surface area contributed by atoms with Gasteiger partial charge in [0.15, 0.2) is 5.78 Å². The average molecular weight is 370 g/mol. The Hall–Kier alpha value is -2.14. The Morgan fingerprint density at radius 3 is 2.56 bits per heavy atom. The number of methoxy groups -OCH3 is 1. The molecule has 144 valence electrons. The summed E-state index contributed by atoms with van der Waals surface area (Å²) in [6.07, 6.45) is 3.50. The van der Waals surface area contributed by atoms with Crippen LogP contribution in [0.25, 0.3) is 0 Å². The zero-order valence-electron chi connectivity index (χ0n) is 15.6. The number of ketones is 2. The van der Waals surface area contributed by atoms with Crippen molar-refractivity contribution < 1.29 is 24.2 Å². The van der Waals surface area contributed by atoms with E-state index in [-0.39, 0.29) is 23.6 Å². The summed E-state index contributed by atoms with van der Waals surface area (Å²) in [5.41, 5.74) is 1.67. The molecule has 0 amide bonds. The first-order chi connectivity index (χ1) is 13.1. The van der Waals surface area contributed by atoms with Gasteiger partial charge < -0.3 is 14.6 Å². The fourth-order valence-electron chi connectivity index (χ4n) is 4.83. The van der Waals surface area contributed by atoms with Crippen LogP contribution in [-0.2, 0) is 14.3 Å². The van der Waals surface area contributed by atoms with Crippen LogP contribution in [0, 0.1) is 11.8 Å². The van der Waals surface area contributed by atoms with Crippen molar-refractivity contribution in [3.8, 4) is 5.75 Å². The molecule has 1 fully saturated rings. The maximum Gasteiger partial charge on any atom is 0.162 e. The number of Topliss-reactive ketones (excluding diaryl/α,β-unsaturated/α-hetero) is 2. The average Bonchev–Trinajstić information content (AvgIpc) is 2.68. The van der Waals surface area contributed by atoms with Crippen LogP contribution in [0.15, 0.2) is 35.6 Å². The molecule has 1 N–H and O–H groups in total. The second-order valence-electron chi connectivity index (χ2n) is 7.79. The molecule has 0 unspecified atom stereocenters. The first kappa shape index (κ1) is 18.2. The molecule has 0 spiro atoms. The van der Waals surface area contributed by atoms with Crippen molar-refractivity contribution in [3.05, 3.63) is 41.2 Å². The van der Waals surface area contributed by atoms with E-state index in [0.29, 0.717) is 31.3 Å². The van der Waals surface area contributed by atoms with Crippen molar-refractivity contribution in [1.29, 1.82) is 0 Å². The molecule has 1 aliphatic heterocycles. The fourth-order valence-corrected chi connectivity index (χ4v) is 4.83. The largest absolute Gasteiger partial charge is 0.497 e. The van der Waals surface area contributed by atoms with Gasteiger partial charge in [-0.25, -0.2) is 0 Å². The van der Waals surface area contributed by atoms with Crippen molar-refractivity contribution in [2.24, 2.45) is 11.8 Å². The molecule has 5 nitrogen and oxygen atoms in total. The number of hydrogen-bond donors (Lipinski definition) is 1. The lowest BCUT2D eigenvalue weighted by Gasteiger charge is -2.41. The van der Waals surface area contributed by atoms with Crippen LogP contribution in [-0.4, -0.2) is 29.9 Å². The zero-order chi connectivity index (χ0) is 19.0. The number of carbonyl (C=O) groups is 2. The maximum absolute atomic E-state index is 12.7. The number of hydrogen-bond acceptors (Lipinski definition) is 5. The minimum absolute atomic E-state index is 0.0827. The Bertz CT molecular complexity index is 763. The molecule has 1 heterocycles. The van der Waals surface area contributed by atoms with Crippen molar-refractivity contribution in [2.45, 2.75) is 57.2 Å². The zero-order valence-corrected chi connectivity index (χ0v) is 15.6. The summed E-state index contributed by atoms with van der Waals surface area (Å²) >= 11 is 0. The van der Waals surface area contributed by atoms with E-state index in [1.165, 1.54) is 0 Å². The lowest BCUT2D eigenvalue weighted by Crippen LogP contribution is -2.43. The van der Waals surface area contributed by atoms with Gasteiger partial charge in [0.2, 0.25) is 0 Å². The molecule has 3 aliphatic rings. The Balaban J connectivity index is 1.70. The summed E-state index contributed by atoms with van der Waals surface area (Å²) in [6.45, 7) is 0. The van der Waals surface area contributed by atoms with Gasteiger partial charge in [-0.2, -0.15) is 0 Å². The molecule has 1 aromatic carbocycles. The molecule has 1 aromatic rings. The van der Waals surface area contributed by atoms with E-state index in [1.54, 1.807) is 7.11 Å². The normalized spacial score (nSPS) is 31.3. The summed E-state index contributed by atoms with van der Waals surface area (Å²) in [5.74, 6) is 0.928. The topological polar surface area (TPSA) is 72.8 Å². The third kappa shape index (κ3) is 3.41. The number of rotatable bonds is 3. The second-order valence-corrected chi connectivity index (χ2v) is 7.79. The van der Waals surface area contributed by atoms with E-state index >= 15 is 0 Å². The van der Waals surface area contributed by atoms with Gasteiger partial charge in [0, 0.05) is 30.8 Å². The van der Waals surface area contributed by atoms with Gasteiger partial charge in [-0.15, -0.1) is 0 Å². The van der Waals surface area contributed by atoms with E-state index in [0.717, 1.165) is 36.3 Å². The predicted octanol–water partition coefficient (Wildman–Crippen LogP) is 3.51. The lowest BCUT2D eigenvalue weighted by molar-refractivity contribution is -0.133. The molecule has 4 atom stereocenters. The van der Waals surface area contributed by atoms with Crippen LogP contribution in [0.1, 0.15) is 56.6 Å². The molecule has 0 aromatic heterocycles. The van der Waals surface area contributed by atoms with Crippen LogP contribution in [0.4, 0.5) is 0 Å². The Labute approximate surface area is 159 Å². The third-order valence-electron chi connectivity index (χ3n) is 6.16. The van der Waals surface area contributed by atoms with Gasteiger partial charge in [0.05, 0.1) is 19.1 Å². The van der Waals surface area contributed by atoms with Crippen LogP contribution in [0.2, 0.25) is 0 Å². The fraction of sp³-hybridized carbons (Fsp3) is 0.545. The lowest BCUT2D eigenvalue weighted by atomic mass is 9.68. The Kier molecular flexibility index (Phi) is 5.04.